The highest BCUT2D eigenvalue weighted by Crippen LogP contribution is 2.33. The molecule has 0 atom stereocenters. The summed E-state index contributed by atoms with van der Waals surface area (Å²) >= 11 is 0. The summed E-state index contributed by atoms with van der Waals surface area (Å²) in [6.45, 7) is 0. The average molecular weight is 217 g/mol. The molecule has 1 aliphatic carbocycles. The van der Waals surface area contributed by atoms with Gasteiger partial charge >= 0.3 is 0 Å². The second kappa shape index (κ2) is 3.89. The average Bonchev–Trinajstić information content (AvgIpc) is 3.09. The molecule has 1 aromatic carbocycles. The van der Waals surface area contributed by atoms with Gasteiger partial charge in [0.25, 0.3) is 5.91 Å². The number of hydrogen-bond acceptors (Lipinski definition) is 3. The van der Waals surface area contributed by atoms with Crippen molar-refractivity contribution in [2.24, 2.45) is 0 Å². The first kappa shape index (κ1) is 10.5. The SMILES string of the molecule is O=Cc1ccccc1C(=O)NC1(C=O)CC1. The lowest BCUT2D eigenvalue weighted by Gasteiger charge is -2.11. The second-order valence-corrected chi connectivity index (χ2v) is 3.93. The number of amides is 1. The molecule has 1 amide bonds. The summed E-state index contributed by atoms with van der Waals surface area (Å²) in [5.41, 5.74) is -0.0418. The highest BCUT2D eigenvalue weighted by Gasteiger charge is 2.44. The van der Waals surface area contributed by atoms with Crippen LogP contribution in [0, 0.1) is 0 Å². The van der Waals surface area contributed by atoms with Crippen LogP contribution in [0.25, 0.3) is 0 Å². The topological polar surface area (TPSA) is 63.2 Å². The summed E-state index contributed by atoms with van der Waals surface area (Å²) in [5.74, 6) is -0.368. The van der Waals surface area contributed by atoms with Crippen molar-refractivity contribution in [2.45, 2.75) is 18.4 Å². The van der Waals surface area contributed by atoms with Gasteiger partial charge in [0.05, 0.1) is 5.54 Å². The Balaban J connectivity index is 2.20. The van der Waals surface area contributed by atoms with Gasteiger partial charge in [0.2, 0.25) is 0 Å². The Morgan fingerprint density at radius 2 is 1.94 bits per heavy atom. The van der Waals surface area contributed by atoms with Crippen LogP contribution in [0.1, 0.15) is 33.6 Å². The van der Waals surface area contributed by atoms with Crippen LogP contribution in [-0.2, 0) is 4.79 Å². The molecule has 82 valence electrons. The van der Waals surface area contributed by atoms with E-state index in [1.807, 2.05) is 0 Å². The molecule has 2 rings (SSSR count). The molecular weight excluding hydrogens is 206 g/mol. The Hall–Kier alpha value is -1.97. The predicted molar refractivity (Wildman–Crippen MR) is 57.3 cm³/mol. The van der Waals surface area contributed by atoms with Crippen LogP contribution < -0.4 is 5.32 Å². The molecule has 0 unspecified atom stereocenters. The monoisotopic (exact) mass is 217 g/mol. The van der Waals surface area contributed by atoms with Crippen molar-refractivity contribution in [1.82, 2.24) is 5.32 Å². The maximum absolute atomic E-state index is 11.8. The molecule has 1 fully saturated rings. The molecule has 0 bridgehead atoms. The molecule has 1 aromatic rings. The van der Waals surface area contributed by atoms with Crippen molar-refractivity contribution in [3.63, 3.8) is 0 Å². The normalized spacial score (nSPS) is 16.2. The standard InChI is InChI=1S/C12H11NO3/c14-7-9-3-1-2-4-10(9)11(16)13-12(8-15)5-6-12/h1-4,7-8H,5-6H2,(H,13,16). The van der Waals surface area contributed by atoms with Crippen LogP contribution in [0.4, 0.5) is 0 Å². The van der Waals surface area contributed by atoms with Crippen LogP contribution >= 0.6 is 0 Å². The van der Waals surface area contributed by atoms with Crippen LogP contribution in [0.3, 0.4) is 0 Å². The fraction of sp³-hybridized carbons (Fsp3) is 0.250. The van der Waals surface area contributed by atoms with Gasteiger partial charge in [-0.3, -0.25) is 9.59 Å². The molecule has 1 saturated carbocycles. The Morgan fingerprint density at radius 3 is 2.50 bits per heavy atom. The largest absolute Gasteiger partial charge is 0.340 e. The van der Waals surface area contributed by atoms with Crippen molar-refractivity contribution >= 4 is 18.5 Å². The highest BCUT2D eigenvalue weighted by molar-refractivity contribution is 6.03. The summed E-state index contributed by atoms with van der Waals surface area (Å²) in [7, 11) is 0. The van der Waals surface area contributed by atoms with Crippen LogP contribution in [0.5, 0.6) is 0 Å². The van der Waals surface area contributed by atoms with Gasteiger partial charge in [0, 0.05) is 11.1 Å². The minimum atomic E-state index is -0.687. The number of hydrogen-bond donors (Lipinski definition) is 1. The van der Waals surface area contributed by atoms with Crippen molar-refractivity contribution in [1.29, 1.82) is 0 Å². The molecule has 16 heavy (non-hydrogen) atoms. The lowest BCUT2D eigenvalue weighted by atomic mass is 10.1. The predicted octanol–water partition coefficient (Wildman–Crippen LogP) is 0.960. The van der Waals surface area contributed by atoms with E-state index in [0.717, 1.165) is 6.29 Å². The van der Waals surface area contributed by atoms with Crippen molar-refractivity contribution in [3.05, 3.63) is 35.4 Å². The smallest absolute Gasteiger partial charge is 0.252 e. The van der Waals surface area contributed by atoms with Gasteiger partial charge < -0.3 is 10.1 Å². The minimum Gasteiger partial charge on any atom is -0.340 e. The van der Waals surface area contributed by atoms with Gasteiger partial charge in [-0.1, -0.05) is 18.2 Å². The third-order valence-electron chi connectivity index (χ3n) is 2.71. The van der Waals surface area contributed by atoms with Gasteiger partial charge in [-0.15, -0.1) is 0 Å². The van der Waals surface area contributed by atoms with Crippen LogP contribution in [0.2, 0.25) is 0 Å². The quantitative estimate of drug-likeness (QED) is 0.764. The first-order valence-corrected chi connectivity index (χ1v) is 5.04. The fourth-order valence-corrected chi connectivity index (χ4v) is 1.51. The maximum atomic E-state index is 11.8. The van der Waals surface area contributed by atoms with Crippen LogP contribution in [-0.4, -0.2) is 24.0 Å². The first-order chi connectivity index (χ1) is 7.71. The van der Waals surface area contributed by atoms with E-state index in [0.29, 0.717) is 30.3 Å². The van der Waals surface area contributed by atoms with E-state index >= 15 is 0 Å². The second-order valence-electron chi connectivity index (χ2n) is 3.93. The molecule has 0 saturated heterocycles. The number of carbonyl (C=O) groups excluding carboxylic acids is 3. The third kappa shape index (κ3) is 1.86. The van der Waals surface area contributed by atoms with E-state index in [1.165, 1.54) is 0 Å². The Bertz CT molecular complexity index is 449. The molecule has 0 aromatic heterocycles. The highest BCUT2D eigenvalue weighted by atomic mass is 16.2. The molecule has 0 radical (unpaired) electrons. The van der Waals surface area contributed by atoms with Gasteiger partial charge in [0.1, 0.15) is 6.29 Å². The first-order valence-electron chi connectivity index (χ1n) is 5.04. The number of carbonyl (C=O) groups is 3. The Labute approximate surface area is 92.6 Å². The molecule has 1 N–H and O–H groups in total. The molecule has 0 heterocycles. The summed E-state index contributed by atoms with van der Waals surface area (Å²) in [4.78, 5) is 33.3. The molecule has 4 heteroatoms. The minimum absolute atomic E-state index is 0.311. The lowest BCUT2D eigenvalue weighted by molar-refractivity contribution is -0.110. The molecule has 0 aliphatic heterocycles. The van der Waals surface area contributed by atoms with Gasteiger partial charge in [0.15, 0.2) is 6.29 Å². The number of rotatable bonds is 4. The van der Waals surface area contributed by atoms with Crippen molar-refractivity contribution in [2.75, 3.05) is 0 Å². The van der Waals surface area contributed by atoms with E-state index in [9.17, 15) is 14.4 Å². The zero-order valence-electron chi connectivity index (χ0n) is 8.60. The van der Waals surface area contributed by atoms with E-state index in [-0.39, 0.29) is 5.91 Å². The lowest BCUT2D eigenvalue weighted by Crippen LogP contribution is -2.38. The van der Waals surface area contributed by atoms with E-state index in [4.69, 9.17) is 0 Å². The summed E-state index contributed by atoms with van der Waals surface area (Å²) in [6.07, 6.45) is 2.74. The van der Waals surface area contributed by atoms with Crippen molar-refractivity contribution < 1.29 is 14.4 Å². The van der Waals surface area contributed by atoms with E-state index in [1.54, 1.807) is 24.3 Å². The van der Waals surface area contributed by atoms with Crippen molar-refractivity contribution in [3.8, 4) is 0 Å². The van der Waals surface area contributed by atoms with E-state index in [2.05, 4.69) is 5.32 Å². The molecular formula is C12H11NO3. The molecule has 1 aliphatic rings. The molecule has 0 spiro atoms. The number of aldehydes is 2. The van der Waals surface area contributed by atoms with Gasteiger partial charge in [-0.25, -0.2) is 0 Å². The maximum Gasteiger partial charge on any atom is 0.252 e. The zero-order valence-corrected chi connectivity index (χ0v) is 8.60. The van der Waals surface area contributed by atoms with E-state index < -0.39 is 5.54 Å². The van der Waals surface area contributed by atoms with Gasteiger partial charge in [-0.05, 0) is 18.9 Å². The summed E-state index contributed by atoms with van der Waals surface area (Å²) < 4.78 is 0. The number of nitrogens with one attached hydrogen (secondary N) is 1. The number of benzene rings is 1. The molecule has 4 nitrogen and oxygen atoms in total. The zero-order chi connectivity index (χ0) is 11.6. The summed E-state index contributed by atoms with van der Waals surface area (Å²) in [6, 6.07) is 6.51. The third-order valence-corrected chi connectivity index (χ3v) is 2.71. The Morgan fingerprint density at radius 1 is 1.25 bits per heavy atom. The Kier molecular flexibility index (Phi) is 2.56. The van der Waals surface area contributed by atoms with Crippen LogP contribution in [0.15, 0.2) is 24.3 Å². The summed E-state index contributed by atoms with van der Waals surface area (Å²) in [5, 5.41) is 2.64. The fourth-order valence-electron chi connectivity index (χ4n) is 1.51. The van der Waals surface area contributed by atoms with Gasteiger partial charge in [-0.2, -0.15) is 0 Å².